The maximum atomic E-state index is 11.6. The second-order valence-corrected chi connectivity index (χ2v) is 6.10. The largest absolute Gasteiger partial charge is 0.348 e. The van der Waals surface area contributed by atoms with Gasteiger partial charge in [0.1, 0.15) is 0 Å². The van der Waals surface area contributed by atoms with Gasteiger partial charge in [0.2, 0.25) is 0 Å². The van der Waals surface area contributed by atoms with Crippen molar-refractivity contribution in [2.75, 3.05) is 13.2 Å². The van der Waals surface area contributed by atoms with E-state index in [-0.39, 0.29) is 5.78 Å². The molecule has 0 amide bonds. The highest BCUT2D eigenvalue weighted by Gasteiger charge is 2.31. The first-order valence-corrected chi connectivity index (χ1v) is 7.71. The summed E-state index contributed by atoms with van der Waals surface area (Å²) >= 11 is 0. The van der Waals surface area contributed by atoms with Crippen molar-refractivity contribution in [1.29, 1.82) is 0 Å². The Labute approximate surface area is 129 Å². The standard InChI is InChI=1S/C19H18O3/c1-19(21-10-11-22-19)9-8-14-3-2-13-4-5-15-12-16(20)6-7-17(15)18(13)14/h2-7,12H,8-11H2,1H3. The molecule has 1 aromatic rings. The summed E-state index contributed by atoms with van der Waals surface area (Å²) in [7, 11) is 0. The van der Waals surface area contributed by atoms with Gasteiger partial charge in [0.05, 0.1) is 13.2 Å². The SMILES string of the molecule is CC1(CCC2=CC=c3ccc4c(c32)C=CC(=O)C=4)OCCO1. The molecule has 0 saturated carbocycles. The molecule has 4 rings (SSSR count). The zero-order valence-corrected chi connectivity index (χ0v) is 12.6. The second kappa shape index (κ2) is 5.04. The average Bonchev–Trinajstić information content (AvgIpc) is 3.12. The number of fused-ring (bicyclic) bond motifs is 3. The van der Waals surface area contributed by atoms with E-state index < -0.39 is 5.79 Å². The van der Waals surface area contributed by atoms with E-state index in [9.17, 15) is 4.79 Å². The van der Waals surface area contributed by atoms with E-state index in [2.05, 4.69) is 18.2 Å². The van der Waals surface area contributed by atoms with E-state index in [1.165, 1.54) is 16.4 Å². The Morgan fingerprint density at radius 2 is 1.86 bits per heavy atom. The van der Waals surface area contributed by atoms with Crippen molar-refractivity contribution in [3.8, 4) is 0 Å². The second-order valence-electron chi connectivity index (χ2n) is 6.10. The molecule has 3 heteroatoms. The van der Waals surface area contributed by atoms with Crippen LogP contribution in [0.3, 0.4) is 0 Å². The summed E-state index contributed by atoms with van der Waals surface area (Å²) in [5, 5.41) is 2.23. The lowest BCUT2D eigenvalue weighted by molar-refractivity contribution is -0.145. The minimum absolute atomic E-state index is 0.0558. The van der Waals surface area contributed by atoms with Gasteiger partial charge in [-0.05, 0) is 58.7 Å². The number of benzene rings is 1. The molecule has 2 aliphatic carbocycles. The topological polar surface area (TPSA) is 35.5 Å². The lowest BCUT2D eigenvalue weighted by atomic mass is 9.92. The molecule has 0 atom stereocenters. The number of hydrogen-bond acceptors (Lipinski definition) is 3. The Morgan fingerprint density at radius 1 is 1.09 bits per heavy atom. The predicted molar refractivity (Wildman–Crippen MR) is 86.2 cm³/mol. The summed E-state index contributed by atoms with van der Waals surface area (Å²) in [5.74, 6) is -0.406. The van der Waals surface area contributed by atoms with Crippen molar-refractivity contribution in [1.82, 2.24) is 0 Å². The van der Waals surface area contributed by atoms with Gasteiger partial charge in [-0.2, -0.15) is 0 Å². The monoisotopic (exact) mass is 294 g/mol. The number of carbonyl (C=O) groups excluding carboxylic acids is 1. The summed E-state index contributed by atoms with van der Waals surface area (Å²) in [6.45, 7) is 3.36. The minimum atomic E-state index is -0.462. The molecule has 0 unspecified atom stereocenters. The van der Waals surface area contributed by atoms with Gasteiger partial charge in [-0.15, -0.1) is 0 Å². The van der Waals surface area contributed by atoms with Crippen molar-refractivity contribution >= 4 is 29.6 Å². The molecule has 112 valence electrons. The summed E-state index contributed by atoms with van der Waals surface area (Å²) < 4.78 is 11.4. The molecule has 1 fully saturated rings. The van der Waals surface area contributed by atoms with Crippen LogP contribution in [0.15, 0.2) is 24.3 Å². The maximum Gasteiger partial charge on any atom is 0.179 e. The van der Waals surface area contributed by atoms with Gasteiger partial charge in [0.25, 0.3) is 0 Å². The molecule has 22 heavy (non-hydrogen) atoms. The van der Waals surface area contributed by atoms with Crippen molar-refractivity contribution in [2.24, 2.45) is 0 Å². The van der Waals surface area contributed by atoms with Crippen LogP contribution >= 0.6 is 0 Å². The Balaban J connectivity index is 1.66. The number of ether oxygens (including phenoxy) is 2. The molecule has 1 aliphatic heterocycles. The van der Waals surface area contributed by atoms with Crippen LogP contribution in [0.4, 0.5) is 0 Å². The van der Waals surface area contributed by atoms with E-state index in [0.717, 1.165) is 23.6 Å². The van der Waals surface area contributed by atoms with Crippen LogP contribution in [0.5, 0.6) is 0 Å². The number of allylic oxidation sites excluding steroid dienone is 3. The van der Waals surface area contributed by atoms with Crippen molar-refractivity contribution in [3.05, 3.63) is 45.8 Å². The van der Waals surface area contributed by atoms with Crippen LogP contribution in [0.1, 0.15) is 30.9 Å². The molecule has 0 aromatic heterocycles. The van der Waals surface area contributed by atoms with Crippen molar-refractivity contribution in [3.63, 3.8) is 0 Å². The van der Waals surface area contributed by atoms with Gasteiger partial charge in [0, 0.05) is 6.42 Å². The normalized spacial score (nSPS) is 21.0. The minimum Gasteiger partial charge on any atom is -0.348 e. The van der Waals surface area contributed by atoms with Crippen molar-refractivity contribution in [2.45, 2.75) is 25.6 Å². The summed E-state index contributed by atoms with van der Waals surface area (Å²) in [6, 6.07) is 4.11. The summed E-state index contributed by atoms with van der Waals surface area (Å²) in [5.41, 5.74) is 3.69. The Bertz CT molecular complexity index is 821. The molecule has 1 heterocycles. The molecule has 3 nitrogen and oxygen atoms in total. The fourth-order valence-electron chi connectivity index (χ4n) is 3.37. The fourth-order valence-corrected chi connectivity index (χ4v) is 3.37. The van der Waals surface area contributed by atoms with Crippen LogP contribution < -0.4 is 10.4 Å². The first-order chi connectivity index (χ1) is 10.6. The predicted octanol–water partition coefficient (Wildman–Crippen LogP) is 1.78. The molecular weight excluding hydrogens is 276 g/mol. The smallest absolute Gasteiger partial charge is 0.179 e. The van der Waals surface area contributed by atoms with Gasteiger partial charge in [-0.3, -0.25) is 4.79 Å². The fraction of sp³-hybridized carbons (Fsp3) is 0.316. The lowest BCUT2D eigenvalue weighted by Crippen LogP contribution is -2.26. The first-order valence-electron chi connectivity index (χ1n) is 7.71. The summed E-state index contributed by atoms with van der Waals surface area (Å²) in [4.78, 5) is 11.6. The van der Waals surface area contributed by atoms with Gasteiger partial charge in [0.15, 0.2) is 11.6 Å². The molecule has 0 N–H and O–H groups in total. The Morgan fingerprint density at radius 3 is 2.68 bits per heavy atom. The van der Waals surface area contributed by atoms with E-state index >= 15 is 0 Å². The van der Waals surface area contributed by atoms with Crippen LogP contribution in [0.25, 0.3) is 23.8 Å². The van der Waals surface area contributed by atoms with Gasteiger partial charge >= 0.3 is 0 Å². The molecule has 1 aromatic carbocycles. The van der Waals surface area contributed by atoms with E-state index in [0.29, 0.717) is 13.2 Å². The first kappa shape index (κ1) is 13.7. The van der Waals surface area contributed by atoms with Crippen molar-refractivity contribution < 1.29 is 14.3 Å². The third-order valence-corrected chi connectivity index (χ3v) is 4.56. The maximum absolute atomic E-state index is 11.6. The Kier molecular flexibility index (Phi) is 3.13. The van der Waals surface area contributed by atoms with Crippen LogP contribution in [0, 0.1) is 0 Å². The van der Waals surface area contributed by atoms with Crippen LogP contribution in [-0.4, -0.2) is 24.8 Å². The van der Waals surface area contributed by atoms with E-state index in [1.54, 1.807) is 12.2 Å². The third-order valence-electron chi connectivity index (χ3n) is 4.56. The molecule has 0 radical (unpaired) electrons. The van der Waals surface area contributed by atoms with Gasteiger partial charge in [-0.25, -0.2) is 0 Å². The van der Waals surface area contributed by atoms with Gasteiger partial charge in [-0.1, -0.05) is 24.3 Å². The molecular formula is C19H18O3. The zero-order chi connectivity index (χ0) is 15.2. The molecule has 0 bridgehead atoms. The van der Waals surface area contributed by atoms with Crippen LogP contribution in [0.2, 0.25) is 0 Å². The lowest BCUT2D eigenvalue weighted by Gasteiger charge is -2.23. The van der Waals surface area contributed by atoms with E-state index in [4.69, 9.17) is 9.47 Å². The highest BCUT2D eigenvalue weighted by Crippen LogP contribution is 2.31. The number of carbonyl (C=O) groups is 1. The highest BCUT2D eigenvalue weighted by molar-refractivity contribution is 6.17. The number of hydrogen-bond donors (Lipinski definition) is 0. The molecule has 1 saturated heterocycles. The Hall–Kier alpha value is -1.97. The number of rotatable bonds is 3. The van der Waals surface area contributed by atoms with Crippen LogP contribution in [-0.2, 0) is 14.3 Å². The third kappa shape index (κ3) is 2.27. The van der Waals surface area contributed by atoms with Gasteiger partial charge < -0.3 is 9.47 Å². The quantitative estimate of drug-likeness (QED) is 0.852. The summed E-state index contributed by atoms with van der Waals surface area (Å²) in [6.07, 6.45) is 11.3. The zero-order valence-electron chi connectivity index (χ0n) is 12.6. The van der Waals surface area contributed by atoms with E-state index in [1.807, 2.05) is 19.1 Å². The molecule has 3 aliphatic rings. The highest BCUT2D eigenvalue weighted by atomic mass is 16.7. The molecule has 0 spiro atoms. The number of ketones is 1. The average molecular weight is 294 g/mol.